The van der Waals surface area contributed by atoms with Crippen molar-refractivity contribution in [3.63, 3.8) is 0 Å². The number of rotatable bonds is 25. The number of aliphatic carboxylic acids is 2. The molecule has 2 heterocycles. The van der Waals surface area contributed by atoms with Gasteiger partial charge in [-0.25, -0.2) is 14.4 Å². The van der Waals surface area contributed by atoms with Crippen LogP contribution in [-0.2, 0) is 61.6 Å². The number of benzene rings is 4. The molecule has 23 heteroatoms. The monoisotopic (exact) mass is 1230 g/mol. The summed E-state index contributed by atoms with van der Waals surface area (Å²) in [5.41, 5.74) is 4.32. The number of allylic oxidation sites excluding steroid dienone is 1. The van der Waals surface area contributed by atoms with Crippen molar-refractivity contribution < 1.29 is 78.1 Å². The average molecular weight is 1230 g/mol. The number of para-hydroxylation sites is 1. The number of hydrogen-bond acceptors (Lipinski definition) is 15. The minimum Gasteiger partial charge on any atom is -0.479 e. The summed E-state index contributed by atoms with van der Waals surface area (Å²) in [5, 5.41) is 64.9. The van der Waals surface area contributed by atoms with Crippen LogP contribution in [0.25, 0.3) is 11.6 Å². The zero-order valence-electron chi connectivity index (χ0n) is 52.3. The summed E-state index contributed by atoms with van der Waals surface area (Å²) in [4.78, 5) is 109. The van der Waals surface area contributed by atoms with Crippen LogP contribution in [0.2, 0.25) is 0 Å². The van der Waals surface area contributed by atoms with E-state index < -0.39 is 95.4 Å². The molecular formula is C66H85N7O16. The van der Waals surface area contributed by atoms with Crippen LogP contribution in [-0.4, -0.2) is 147 Å². The molecule has 0 bridgehead atoms. The van der Waals surface area contributed by atoms with Gasteiger partial charge in [-0.2, -0.15) is 0 Å². The van der Waals surface area contributed by atoms with E-state index in [2.05, 4.69) is 32.7 Å². The number of aliphatic hydroxyl groups excluding tert-OH is 3. The first-order valence-corrected chi connectivity index (χ1v) is 29.6. The molecule has 23 nitrogen and oxygen atoms in total. The molecule has 4 aromatic carbocycles. The van der Waals surface area contributed by atoms with Crippen LogP contribution in [0.5, 0.6) is 5.75 Å². The highest BCUT2D eigenvalue weighted by Crippen LogP contribution is 2.36. The molecule has 0 radical (unpaired) electrons. The summed E-state index contributed by atoms with van der Waals surface area (Å²) >= 11 is 0. The fourth-order valence-corrected chi connectivity index (χ4v) is 10.7. The van der Waals surface area contributed by atoms with Gasteiger partial charge in [0.05, 0.1) is 30.0 Å². The average Bonchev–Trinajstić information content (AvgIpc) is 1.03. The maximum Gasteiger partial charge on any atom is 0.411 e. The number of amides is 6. The highest BCUT2D eigenvalue weighted by atomic mass is 16.7. The van der Waals surface area contributed by atoms with Crippen molar-refractivity contribution in [1.82, 2.24) is 20.9 Å². The van der Waals surface area contributed by atoms with Crippen LogP contribution in [0.1, 0.15) is 122 Å². The first-order valence-electron chi connectivity index (χ1n) is 29.6. The van der Waals surface area contributed by atoms with Crippen molar-refractivity contribution in [2.45, 2.75) is 162 Å². The Morgan fingerprint density at radius 1 is 0.798 bits per heavy atom. The van der Waals surface area contributed by atoms with Gasteiger partial charge in [-0.1, -0.05) is 121 Å². The van der Waals surface area contributed by atoms with Gasteiger partial charge >= 0.3 is 18.0 Å². The number of carboxylic acid groups (broad SMARTS) is 2. The fourth-order valence-electron chi connectivity index (χ4n) is 10.7. The number of carboxylic acids is 2. The lowest BCUT2D eigenvalue weighted by molar-refractivity contribution is -0.271. The molecule has 4 aromatic rings. The molecule has 480 valence electrons. The second-order valence-corrected chi connectivity index (χ2v) is 24.4. The van der Waals surface area contributed by atoms with Crippen LogP contribution in [0.15, 0.2) is 103 Å². The van der Waals surface area contributed by atoms with Gasteiger partial charge < -0.3 is 70.8 Å². The van der Waals surface area contributed by atoms with E-state index in [1.54, 1.807) is 43.3 Å². The number of anilines is 3. The van der Waals surface area contributed by atoms with Crippen molar-refractivity contribution in [1.29, 1.82) is 0 Å². The Balaban J connectivity index is 1.08. The molecule has 6 rings (SSSR count). The molecule has 8 atom stereocenters. The van der Waals surface area contributed by atoms with Crippen molar-refractivity contribution in [2.24, 2.45) is 11.3 Å². The lowest BCUT2D eigenvalue weighted by atomic mass is 9.76. The molecule has 0 spiro atoms. The van der Waals surface area contributed by atoms with Gasteiger partial charge in [0.1, 0.15) is 36.7 Å². The predicted octanol–water partition coefficient (Wildman–Crippen LogP) is 6.73. The summed E-state index contributed by atoms with van der Waals surface area (Å²) in [5.74, 6) is -5.05. The van der Waals surface area contributed by atoms with Crippen LogP contribution in [0.3, 0.4) is 0 Å². The molecule has 1 fully saturated rings. The van der Waals surface area contributed by atoms with Crippen molar-refractivity contribution in [3.8, 4) is 5.75 Å². The minimum absolute atomic E-state index is 0.0703. The SMILES string of the molecule is CN[C@@H](C(=O)N[C@H](C(=O)N(C)[C@H](/C=C(\C)C(=O)O)C(C)C)C(C)(C)C)C(C)(C)c1cccc(NC(=O)OCc2ccc(OC3OC(C(=O)O)C(O)C(O)C3O)c(NC(=O)CCNC(=O)CCCCC(=O)N3Cc4ccccc4/C=C(/C)c4ccccc43)c2)c1. The largest absolute Gasteiger partial charge is 0.479 e. The van der Waals surface area contributed by atoms with E-state index in [9.17, 15) is 63.9 Å². The molecule has 2 aliphatic heterocycles. The molecular weight excluding hydrogens is 1150 g/mol. The van der Waals surface area contributed by atoms with E-state index in [-0.39, 0.29) is 67.2 Å². The molecule has 0 aliphatic carbocycles. The molecule has 2 aliphatic rings. The highest BCUT2D eigenvalue weighted by Gasteiger charge is 2.48. The number of nitrogens with zero attached hydrogens (tertiary/aromatic N) is 2. The molecule has 89 heavy (non-hydrogen) atoms. The second kappa shape index (κ2) is 30.6. The van der Waals surface area contributed by atoms with Crippen LogP contribution >= 0.6 is 0 Å². The lowest BCUT2D eigenvalue weighted by Crippen LogP contribution is -2.61. The Hall–Kier alpha value is -8.48. The van der Waals surface area contributed by atoms with E-state index in [0.717, 1.165) is 28.0 Å². The minimum atomic E-state index is -2.01. The Morgan fingerprint density at radius 3 is 2.16 bits per heavy atom. The Bertz CT molecular complexity index is 3300. The topological polar surface area (TPSA) is 332 Å². The fraction of sp³-hybridized carbons (Fsp3) is 0.455. The van der Waals surface area contributed by atoms with E-state index in [1.165, 1.54) is 36.1 Å². The zero-order chi connectivity index (χ0) is 65.7. The molecule has 6 amide bonds. The van der Waals surface area contributed by atoms with Crippen molar-refractivity contribution >= 4 is 76.3 Å². The number of hydrogen-bond donors (Lipinski definition) is 10. The van der Waals surface area contributed by atoms with Gasteiger partial charge in [0, 0.05) is 55.1 Å². The Labute approximate surface area is 518 Å². The van der Waals surface area contributed by atoms with Gasteiger partial charge in [-0.3, -0.25) is 29.3 Å². The Morgan fingerprint density at radius 2 is 1.48 bits per heavy atom. The zero-order valence-corrected chi connectivity index (χ0v) is 52.3. The number of unbranched alkanes of at least 4 members (excludes halogenated alkanes) is 1. The number of nitrogens with one attached hydrogen (secondary N) is 5. The third-order valence-corrected chi connectivity index (χ3v) is 15.9. The summed E-state index contributed by atoms with van der Waals surface area (Å²) in [6.07, 6.45) is -6.18. The molecule has 10 N–H and O–H groups in total. The Kier molecular flexibility index (Phi) is 24.0. The number of carbonyl (C=O) groups excluding carboxylic acids is 6. The number of carbonyl (C=O) groups is 8. The number of fused-ring (bicyclic) bond motifs is 2. The van der Waals surface area contributed by atoms with Crippen molar-refractivity contribution in [2.75, 3.05) is 36.2 Å². The maximum absolute atomic E-state index is 14.3. The number of ether oxygens (including phenoxy) is 3. The van der Waals surface area contributed by atoms with E-state index in [0.29, 0.717) is 36.2 Å². The standard InChI is InChI=1S/C66H85N7O16/c1-37(2)48(32-39(4)61(82)83)72(11)60(81)58(65(5,6)7)71-59(80)57(67-10)66(8,9)43-21-18-22-44(34-43)69-64(86)87-36-40-27-28-49(88-63-55(79)53(77)54(78)56(89-63)62(84)85)46(33-40)70-51(75)29-30-68-50(74)25-16-17-26-52(76)73-35-42-20-13-12-19-41(42)31-38(3)45-23-14-15-24-47(45)73/h12-15,18-24,27-28,31-34,37,48,53-58,63,67,77-79H,16-17,25-26,29-30,35-36H2,1-11H3,(H,68,74)(H,69,86)(H,70,75)(H,71,80)(H,82,83)(H,84,85)/b38-31-,39-32+/t48-,53?,54?,55?,56?,57+,58-,63?/m1/s1. The lowest BCUT2D eigenvalue weighted by Gasteiger charge is -2.40. The summed E-state index contributed by atoms with van der Waals surface area (Å²) < 4.78 is 16.7. The second-order valence-electron chi connectivity index (χ2n) is 24.4. The van der Waals surface area contributed by atoms with E-state index >= 15 is 0 Å². The van der Waals surface area contributed by atoms with E-state index in [4.69, 9.17) is 14.2 Å². The summed E-state index contributed by atoms with van der Waals surface area (Å²) in [6.45, 7) is 16.2. The molecule has 0 aromatic heterocycles. The highest BCUT2D eigenvalue weighted by molar-refractivity contribution is 5.99. The first kappa shape index (κ1) is 69.6. The molecule has 1 saturated heterocycles. The molecule has 5 unspecified atom stereocenters. The van der Waals surface area contributed by atoms with Gasteiger partial charge in [-0.05, 0) is 103 Å². The van der Waals surface area contributed by atoms with Crippen LogP contribution in [0.4, 0.5) is 21.9 Å². The summed E-state index contributed by atoms with van der Waals surface area (Å²) in [7, 11) is 3.19. The van der Waals surface area contributed by atoms with Crippen LogP contribution in [0, 0.1) is 11.3 Å². The van der Waals surface area contributed by atoms with E-state index in [1.807, 2.05) is 104 Å². The van der Waals surface area contributed by atoms with Gasteiger partial charge in [0.2, 0.25) is 35.8 Å². The smallest absolute Gasteiger partial charge is 0.411 e. The van der Waals surface area contributed by atoms with Gasteiger partial charge in [-0.15, -0.1) is 0 Å². The number of aliphatic hydroxyl groups is 3. The quantitative estimate of drug-likeness (QED) is 0.0243. The van der Waals surface area contributed by atoms with Gasteiger partial charge in [0.15, 0.2) is 6.10 Å². The third kappa shape index (κ3) is 18.1. The normalized spacial score (nSPS) is 19.3. The number of likely N-dealkylation sites (N-methyl/N-ethyl adjacent to an activating group) is 2. The summed E-state index contributed by atoms with van der Waals surface area (Å²) in [6, 6.07) is 24.0. The van der Waals surface area contributed by atoms with Crippen molar-refractivity contribution in [3.05, 3.63) is 130 Å². The molecule has 0 saturated carbocycles. The van der Waals surface area contributed by atoms with Crippen LogP contribution < -0.4 is 36.2 Å². The third-order valence-electron chi connectivity index (χ3n) is 15.9. The predicted molar refractivity (Wildman–Crippen MR) is 334 cm³/mol. The first-order chi connectivity index (χ1) is 41.9. The maximum atomic E-state index is 14.3. The van der Waals surface area contributed by atoms with Gasteiger partial charge in [0.25, 0.3) is 0 Å².